The number of nitrogens with one attached hydrogen (secondary N) is 1. The van der Waals surface area contributed by atoms with Crippen molar-refractivity contribution in [2.24, 2.45) is 11.8 Å². The van der Waals surface area contributed by atoms with E-state index in [1.54, 1.807) is 6.07 Å². The SMILES string of the molecule is CC1(C)CC(C(=O)N2CCC(C(=O)N3CC[C@H](c4cc(F)c(Cl)cc4CCNC(=O)Oc4ccc(F)cc4)C3)CC2)CCO1. The van der Waals surface area contributed by atoms with Crippen molar-refractivity contribution >= 4 is 29.5 Å². The predicted octanol–water partition coefficient (Wildman–Crippen LogP) is 5.71. The van der Waals surface area contributed by atoms with E-state index in [2.05, 4.69) is 5.32 Å². The number of likely N-dealkylation sites (tertiary alicyclic amines) is 2. The van der Waals surface area contributed by atoms with Crippen LogP contribution >= 0.6 is 11.6 Å². The highest BCUT2D eigenvalue weighted by Gasteiger charge is 2.38. The van der Waals surface area contributed by atoms with Gasteiger partial charge >= 0.3 is 6.09 Å². The average molecular weight is 632 g/mol. The van der Waals surface area contributed by atoms with Gasteiger partial charge in [-0.3, -0.25) is 9.59 Å². The maximum atomic E-state index is 14.6. The van der Waals surface area contributed by atoms with Crippen LogP contribution in [-0.2, 0) is 20.7 Å². The Kier molecular flexibility index (Phi) is 10.1. The molecule has 238 valence electrons. The van der Waals surface area contributed by atoms with Crippen LogP contribution in [0.25, 0.3) is 0 Å². The topological polar surface area (TPSA) is 88.2 Å². The van der Waals surface area contributed by atoms with E-state index in [1.165, 1.54) is 30.3 Å². The summed E-state index contributed by atoms with van der Waals surface area (Å²) in [5.74, 6) is -0.716. The minimum absolute atomic E-state index is 0.00538. The van der Waals surface area contributed by atoms with Gasteiger partial charge in [-0.25, -0.2) is 13.6 Å². The second-order valence-corrected chi connectivity index (χ2v) is 13.1. The monoisotopic (exact) mass is 631 g/mol. The van der Waals surface area contributed by atoms with E-state index in [0.717, 1.165) is 17.5 Å². The van der Waals surface area contributed by atoms with Crippen molar-refractivity contribution < 1.29 is 32.6 Å². The van der Waals surface area contributed by atoms with Crippen molar-refractivity contribution in [2.45, 2.75) is 63.9 Å². The fraction of sp³-hybridized carbons (Fsp3) is 0.545. The van der Waals surface area contributed by atoms with E-state index in [1.807, 2.05) is 23.6 Å². The second kappa shape index (κ2) is 13.8. The van der Waals surface area contributed by atoms with Gasteiger partial charge in [-0.05, 0) is 99.9 Å². The molecule has 2 atom stereocenters. The van der Waals surface area contributed by atoms with Crippen molar-refractivity contribution in [1.82, 2.24) is 15.1 Å². The Morgan fingerprint density at radius 2 is 1.66 bits per heavy atom. The van der Waals surface area contributed by atoms with Gasteiger partial charge in [0.15, 0.2) is 0 Å². The first kappa shape index (κ1) is 32.2. The molecule has 3 heterocycles. The number of carbonyl (C=O) groups is 3. The zero-order chi connectivity index (χ0) is 31.4. The highest BCUT2D eigenvalue weighted by atomic mass is 35.5. The number of rotatable bonds is 7. The summed E-state index contributed by atoms with van der Waals surface area (Å²) in [6.07, 6.45) is 3.11. The Bertz CT molecular complexity index is 1360. The molecule has 11 heteroatoms. The number of benzene rings is 2. The number of halogens is 3. The van der Waals surface area contributed by atoms with Gasteiger partial charge in [0.1, 0.15) is 17.4 Å². The lowest BCUT2D eigenvalue weighted by Gasteiger charge is -2.39. The van der Waals surface area contributed by atoms with Crippen LogP contribution in [0.15, 0.2) is 36.4 Å². The lowest BCUT2D eigenvalue weighted by atomic mass is 9.86. The maximum Gasteiger partial charge on any atom is 0.412 e. The van der Waals surface area contributed by atoms with Crippen molar-refractivity contribution in [3.8, 4) is 5.75 Å². The summed E-state index contributed by atoms with van der Waals surface area (Å²) in [7, 11) is 0. The summed E-state index contributed by atoms with van der Waals surface area (Å²) in [4.78, 5) is 42.6. The van der Waals surface area contributed by atoms with Crippen LogP contribution in [0.2, 0.25) is 5.02 Å². The third kappa shape index (κ3) is 7.88. The fourth-order valence-electron chi connectivity index (χ4n) is 6.67. The Labute approximate surface area is 262 Å². The Morgan fingerprint density at radius 3 is 2.36 bits per heavy atom. The van der Waals surface area contributed by atoms with E-state index in [0.29, 0.717) is 64.9 Å². The van der Waals surface area contributed by atoms with Crippen molar-refractivity contribution in [3.63, 3.8) is 0 Å². The van der Waals surface area contributed by atoms with Crippen molar-refractivity contribution in [1.29, 1.82) is 0 Å². The normalized spacial score (nSPS) is 22.1. The molecule has 3 aliphatic rings. The number of hydrogen-bond acceptors (Lipinski definition) is 5. The van der Waals surface area contributed by atoms with Gasteiger partial charge in [-0.1, -0.05) is 11.6 Å². The van der Waals surface area contributed by atoms with Crippen LogP contribution in [0.4, 0.5) is 13.6 Å². The van der Waals surface area contributed by atoms with Gasteiger partial charge in [-0.2, -0.15) is 0 Å². The van der Waals surface area contributed by atoms with Gasteiger partial charge < -0.3 is 24.6 Å². The molecule has 0 saturated carbocycles. The molecular formula is C33H40ClF2N3O5. The van der Waals surface area contributed by atoms with Gasteiger partial charge in [0, 0.05) is 57.1 Å². The van der Waals surface area contributed by atoms with Gasteiger partial charge in [0.25, 0.3) is 0 Å². The summed E-state index contributed by atoms with van der Waals surface area (Å²) in [5.41, 5.74) is 1.27. The summed E-state index contributed by atoms with van der Waals surface area (Å²) in [5, 5.41) is 2.66. The molecule has 3 aliphatic heterocycles. The summed E-state index contributed by atoms with van der Waals surface area (Å²) < 4.78 is 38.6. The van der Waals surface area contributed by atoms with E-state index in [4.69, 9.17) is 21.1 Å². The second-order valence-electron chi connectivity index (χ2n) is 12.7. The van der Waals surface area contributed by atoms with Gasteiger partial charge in [0.05, 0.1) is 10.6 Å². The molecule has 2 aromatic rings. The molecule has 5 rings (SSSR count). The standard InChI is InChI=1S/C33H40ClF2N3O5/c1-33(2)19-23(11-16-43-33)31(41)38-13-8-21(9-14-38)30(40)39-15-10-24(20-39)27-18-29(36)28(34)17-22(27)7-12-37-32(42)44-26-5-3-25(35)4-6-26/h3-6,17-18,21,23-24H,7-16,19-20H2,1-2H3,(H,37,42)/t23?,24-/m0/s1. The number of amides is 3. The number of ether oxygens (including phenoxy) is 2. The highest BCUT2D eigenvalue weighted by Crippen LogP contribution is 2.35. The van der Waals surface area contributed by atoms with Crippen LogP contribution in [-0.4, -0.2) is 72.6 Å². The van der Waals surface area contributed by atoms with Crippen molar-refractivity contribution in [2.75, 3.05) is 39.3 Å². The first-order valence-corrected chi connectivity index (χ1v) is 15.8. The lowest BCUT2D eigenvalue weighted by Crippen LogP contribution is -2.48. The molecule has 3 saturated heterocycles. The first-order valence-electron chi connectivity index (χ1n) is 15.4. The smallest absolute Gasteiger partial charge is 0.410 e. The zero-order valence-corrected chi connectivity index (χ0v) is 26.0. The molecule has 0 spiro atoms. The maximum absolute atomic E-state index is 14.6. The Hall–Kier alpha value is -3.24. The van der Waals surface area contributed by atoms with Gasteiger partial charge in [0.2, 0.25) is 11.8 Å². The van der Waals surface area contributed by atoms with Crippen LogP contribution in [0.1, 0.15) is 63.0 Å². The van der Waals surface area contributed by atoms with Crippen LogP contribution in [0.5, 0.6) is 5.75 Å². The molecule has 44 heavy (non-hydrogen) atoms. The number of carbonyl (C=O) groups excluding carboxylic acids is 3. The Morgan fingerprint density at radius 1 is 0.977 bits per heavy atom. The van der Waals surface area contributed by atoms with Crippen LogP contribution < -0.4 is 10.1 Å². The molecule has 1 N–H and O–H groups in total. The largest absolute Gasteiger partial charge is 0.412 e. The van der Waals surface area contributed by atoms with E-state index >= 15 is 0 Å². The van der Waals surface area contributed by atoms with E-state index in [9.17, 15) is 23.2 Å². The van der Waals surface area contributed by atoms with E-state index in [-0.39, 0.29) is 52.5 Å². The van der Waals surface area contributed by atoms with Crippen molar-refractivity contribution in [3.05, 3.63) is 64.2 Å². The summed E-state index contributed by atoms with van der Waals surface area (Å²) in [6.45, 7) is 7.05. The number of nitrogens with zero attached hydrogens (tertiary/aromatic N) is 2. The molecule has 0 radical (unpaired) electrons. The highest BCUT2D eigenvalue weighted by molar-refractivity contribution is 6.30. The molecule has 8 nitrogen and oxygen atoms in total. The third-order valence-electron chi connectivity index (χ3n) is 9.01. The molecule has 0 aliphatic carbocycles. The first-order chi connectivity index (χ1) is 21.0. The minimum atomic E-state index is -0.687. The molecule has 1 unspecified atom stereocenters. The number of hydrogen-bond donors (Lipinski definition) is 1. The quantitative estimate of drug-likeness (QED) is 0.423. The molecule has 3 fully saturated rings. The van der Waals surface area contributed by atoms with Crippen LogP contribution in [0, 0.1) is 23.5 Å². The molecule has 0 bridgehead atoms. The zero-order valence-electron chi connectivity index (χ0n) is 25.3. The average Bonchev–Trinajstić information content (AvgIpc) is 3.49. The number of piperidine rings is 1. The summed E-state index contributed by atoms with van der Waals surface area (Å²) in [6, 6.07) is 8.13. The molecular weight excluding hydrogens is 592 g/mol. The fourth-order valence-corrected chi connectivity index (χ4v) is 6.85. The molecule has 3 amide bonds. The Balaban J connectivity index is 1.13. The van der Waals surface area contributed by atoms with Crippen LogP contribution in [0.3, 0.4) is 0 Å². The third-order valence-corrected chi connectivity index (χ3v) is 9.30. The predicted molar refractivity (Wildman–Crippen MR) is 162 cm³/mol. The lowest BCUT2D eigenvalue weighted by molar-refractivity contribution is -0.148. The summed E-state index contributed by atoms with van der Waals surface area (Å²) >= 11 is 6.12. The van der Waals surface area contributed by atoms with E-state index < -0.39 is 17.7 Å². The molecule has 2 aromatic carbocycles. The minimum Gasteiger partial charge on any atom is -0.410 e. The molecule has 0 aromatic heterocycles. The van der Waals surface area contributed by atoms with Gasteiger partial charge in [-0.15, -0.1) is 0 Å².